The van der Waals surface area contributed by atoms with Crippen LogP contribution in [0.15, 0.2) is 51.4 Å². The standard InChI is InChI=1S/C20H22N2O2S/c1-14-7-8-15(2)17(11-14)21-20-22(12-16-5-3-9-23-16)18(13-25-20)19-6-4-10-24-19/h4,6-8,10-11,13,16H,3,5,9,12H2,1-2H3. The van der Waals surface area contributed by atoms with Gasteiger partial charge in [0.1, 0.15) is 0 Å². The van der Waals surface area contributed by atoms with Gasteiger partial charge >= 0.3 is 0 Å². The van der Waals surface area contributed by atoms with Crippen molar-refractivity contribution in [2.24, 2.45) is 4.99 Å². The molecule has 2 aromatic heterocycles. The van der Waals surface area contributed by atoms with Crippen molar-refractivity contribution >= 4 is 17.0 Å². The van der Waals surface area contributed by atoms with Crippen molar-refractivity contribution in [3.8, 4) is 11.5 Å². The molecule has 1 aliphatic heterocycles. The molecule has 1 fully saturated rings. The van der Waals surface area contributed by atoms with E-state index in [0.717, 1.165) is 47.9 Å². The zero-order valence-corrected chi connectivity index (χ0v) is 15.4. The van der Waals surface area contributed by atoms with Gasteiger partial charge in [-0.1, -0.05) is 12.1 Å². The first-order valence-corrected chi connectivity index (χ1v) is 9.54. The lowest BCUT2D eigenvalue weighted by molar-refractivity contribution is 0.0967. The number of hydrogen-bond acceptors (Lipinski definition) is 4. The van der Waals surface area contributed by atoms with Crippen molar-refractivity contribution in [1.29, 1.82) is 0 Å². The Hall–Kier alpha value is -2.11. The Labute approximate surface area is 151 Å². The predicted molar refractivity (Wildman–Crippen MR) is 100 cm³/mol. The van der Waals surface area contributed by atoms with E-state index in [1.807, 2.05) is 12.1 Å². The molecule has 3 heterocycles. The summed E-state index contributed by atoms with van der Waals surface area (Å²) in [6.45, 7) is 5.86. The fourth-order valence-corrected chi connectivity index (χ4v) is 4.06. The third-order valence-corrected chi connectivity index (χ3v) is 5.43. The Morgan fingerprint density at radius 1 is 1.28 bits per heavy atom. The molecule has 130 valence electrons. The van der Waals surface area contributed by atoms with E-state index in [1.54, 1.807) is 17.6 Å². The molecule has 1 unspecified atom stereocenters. The van der Waals surface area contributed by atoms with Crippen LogP contribution < -0.4 is 4.80 Å². The van der Waals surface area contributed by atoms with E-state index in [2.05, 4.69) is 42.0 Å². The third-order valence-electron chi connectivity index (χ3n) is 4.56. The Morgan fingerprint density at radius 3 is 2.96 bits per heavy atom. The Balaban J connectivity index is 1.81. The average molecular weight is 354 g/mol. The van der Waals surface area contributed by atoms with E-state index in [-0.39, 0.29) is 6.10 Å². The molecule has 4 nitrogen and oxygen atoms in total. The lowest BCUT2D eigenvalue weighted by Crippen LogP contribution is -2.24. The van der Waals surface area contributed by atoms with Gasteiger partial charge in [0.15, 0.2) is 10.6 Å². The van der Waals surface area contributed by atoms with Crippen molar-refractivity contribution in [2.75, 3.05) is 6.61 Å². The lowest BCUT2D eigenvalue weighted by atomic mass is 10.1. The lowest BCUT2D eigenvalue weighted by Gasteiger charge is -2.13. The summed E-state index contributed by atoms with van der Waals surface area (Å²) in [5, 5.41) is 2.12. The van der Waals surface area contributed by atoms with Gasteiger partial charge in [-0.2, -0.15) is 0 Å². The first-order chi connectivity index (χ1) is 12.2. The maximum absolute atomic E-state index is 5.86. The van der Waals surface area contributed by atoms with Gasteiger partial charge in [-0.15, -0.1) is 11.3 Å². The summed E-state index contributed by atoms with van der Waals surface area (Å²) >= 11 is 1.65. The second-order valence-corrected chi connectivity index (χ2v) is 7.36. The van der Waals surface area contributed by atoms with Crippen molar-refractivity contribution in [1.82, 2.24) is 4.57 Å². The van der Waals surface area contributed by atoms with Gasteiger partial charge in [0.2, 0.25) is 0 Å². The summed E-state index contributed by atoms with van der Waals surface area (Å²) in [5.74, 6) is 0.872. The molecular weight excluding hydrogens is 332 g/mol. The number of benzene rings is 1. The van der Waals surface area contributed by atoms with E-state index >= 15 is 0 Å². The van der Waals surface area contributed by atoms with E-state index in [9.17, 15) is 0 Å². The molecule has 1 atom stereocenters. The molecule has 0 spiro atoms. The molecule has 0 saturated carbocycles. The summed E-state index contributed by atoms with van der Waals surface area (Å²) < 4.78 is 13.7. The molecule has 0 radical (unpaired) electrons. The van der Waals surface area contributed by atoms with Crippen molar-refractivity contribution in [3.63, 3.8) is 0 Å². The fourth-order valence-electron chi connectivity index (χ4n) is 3.15. The van der Waals surface area contributed by atoms with Crippen LogP contribution in [-0.2, 0) is 11.3 Å². The molecule has 3 aromatic rings. The van der Waals surface area contributed by atoms with Gasteiger partial charge in [0.05, 0.1) is 30.3 Å². The number of rotatable bonds is 4. The summed E-state index contributed by atoms with van der Waals surface area (Å²) in [5.41, 5.74) is 4.49. The molecule has 1 aromatic carbocycles. The van der Waals surface area contributed by atoms with E-state index < -0.39 is 0 Å². The Morgan fingerprint density at radius 2 is 2.20 bits per heavy atom. The number of furan rings is 1. The van der Waals surface area contributed by atoms with E-state index in [4.69, 9.17) is 14.1 Å². The van der Waals surface area contributed by atoms with Gasteiger partial charge in [-0.25, -0.2) is 4.99 Å². The SMILES string of the molecule is Cc1ccc(C)c(N=c2scc(-c3ccco3)n2CC2CCCO2)c1. The van der Waals surface area contributed by atoms with Gasteiger partial charge in [0.25, 0.3) is 0 Å². The highest BCUT2D eigenvalue weighted by molar-refractivity contribution is 7.07. The van der Waals surface area contributed by atoms with Crippen LogP contribution >= 0.6 is 11.3 Å². The molecule has 0 aliphatic carbocycles. The van der Waals surface area contributed by atoms with Crippen molar-refractivity contribution < 1.29 is 9.15 Å². The molecule has 5 heteroatoms. The van der Waals surface area contributed by atoms with Crippen LogP contribution in [-0.4, -0.2) is 17.3 Å². The molecule has 0 amide bonds. The Kier molecular flexibility index (Phi) is 4.59. The summed E-state index contributed by atoms with van der Waals surface area (Å²) in [4.78, 5) is 5.94. The monoisotopic (exact) mass is 354 g/mol. The number of thiazole rings is 1. The Bertz CT molecular complexity index is 916. The van der Waals surface area contributed by atoms with E-state index in [1.165, 1.54) is 11.1 Å². The van der Waals surface area contributed by atoms with Crippen LogP contribution in [0.1, 0.15) is 24.0 Å². The van der Waals surface area contributed by atoms with Crippen LogP contribution in [0.25, 0.3) is 11.5 Å². The topological polar surface area (TPSA) is 39.7 Å². The summed E-state index contributed by atoms with van der Waals surface area (Å²) in [6, 6.07) is 10.3. The zero-order chi connectivity index (χ0) is 17.2. The number of nitrogens with zero attached hydrogens (tertiary/aromatic N) is 2. The highest BCUT2D eigenvalue weighted by atomic mass is 32.1. The molecule has 0 bridgehead atoms. The molecule has 25 heavy (non-hydrogen) atoms. The first kappa shape index (κ1) is 16.4. The smallest absolute Gasteiger partial charge is 0.190 e. The number of aromatic nitrogens is 1. The molecule has 4 rings (SSSR count). The normalized spacial score (nSPS) is 18.2. The molecular formula is C20H22N2O2S. The van der Waals surface area contributed by atoms with Crippen molar-refractivity contribution in [2.45, 2.75) is 39.3 Å². The predicted octanol–water partition coefficient (Wildman–Crippen LogP) is 4.84. The minimum atomic E-state index is 0.251. The fraction of sp³-hybridized carbons (Fsp3) is 0.350. The quantitative estimate of drug-likeness (QED) is 0.673. The summed E-state index contributed by atoms with van der Waals surface area (Å²) in [6.07, 6.45) is 4.20. The largest absolute Gasteiger partial charge is 0.463 e. The highest BCUT2D eigenvalue weighted by Gasteiger charge is 2.19. The number of aryl methyl sites for hydroxylation is 2. The maximum Gasteiger partial charge on any atom is 0.190 e. The van der Waals surface area contributed by atoms with Crippen LogP contribution in [0.3, 0.4) is 0 Å². The molecule has 1 saturated heterocycles. The van der Waals surface area contributed by atoms with Crippen LogP contribution in [0.5, 0.6) is 0 Å². The second kappa shape index (κ2) is 7.02. The zero-order valence-electron chi connectivity index (χ0n) is 14.6. The van der Waals surface area contributed by atoms with Crippen molar-refractivity contribution in [3.05, 3.63) is 57.9 Å². The van der Waals surface area contributed by atoms with Gasteiger partial charge in [-0.3, -0.25) is 0 Å². The van der Waals surface area contributed by atoms with Crippen LogP contribution in [0, 0.1) is 13.8 Å². The van der Waals surface area contributed by atoms with Gasteiger partial charge in [0, 0.05) is 12.0 Å². The number of hydrogen-bond donors (Lipinski definition) is 0. The van der Waals surface area contributed by atoms with Gasteiger partial charge < -0.3 is 13.7 Å². The third kappa shape index (κ3) is 3.48. The van der Waals surface area contributed by atoms with Gasteiger partial charge in [-0.05, 0) is 56.0 Å². The molecule has 0 N–H and O–H groups in total. The summed E-state index contributed by atoms with van der Waals surface area (Å²) in [7, 11) is 0. The van der Waals surface area contributed by atoms with Crippen LogP contribution in [0.4, 0.5) is 5.69 Å². The highest BCUT2D eigenvalue weighted by Crippen LogP contribution is 2.24. The minimum Gasteiger partial charge on any atom is -0.463 e. The second-order valence-electron chi connectivity index (χ2n) is 6.53. The minimum absolute atomic E-state index is 0.251. The van der Waals surface area contributed by atoms with Crippen LogP contribution in [0.2, 0.25) is 0 Å². The molecule has 1 aliphatic rings. The average Bonchev–Trinajstić information content (AvgIpc) is 3.34. The maximum atomic E-state index is 5.86. The number of ether oxygens (including phenoxy) is 1. The first-order valence-electron chi connectivity index (χ1n) is 8.66. The van der Waals surface area contributed by atoms with E-state index in [0.29, 0.717) is 0 Å².